The molecule has 0 radical (unpaired) electrons. The minimum absolute atomic E-state index is 0.0734. The predicted molar refractivity (Wildman–Crippen MR) is 148 cm³/mol. The van der Waals surface area contributed by atoms with Gasteiger partial charge in [-0.1, -0.05) is 6.07 Å². The van der Waals surface area contributed by atoms with E-state index in [1.165, 1.54) is 7.05 Å². The van der Waals surface area contributed by atoms with E-state index >= 15 is 0 Å². The van der Waals surface area contributed by atoms with Crippen LogP contribution >= 0.6 is 0 Å². The first-order valence-corrected chi connectivity index (χ1v) is 12.9. The highest BCUT2D eigenvalue weighted by Crippen LogP contribution is 2.37. The molecule has 3 aromatic rings. The Morgan fingerprint density at radius 1 is 1.13 bits per heavy atom. The summed E-state index contributed by atoms with van der Waals surface area (Å²) in [5.41, 5.74) is 1.68. The lowest BCUT2D eigenvalue weighted by molar-refractivity contribution is -0.888. The summed E-state index contributed by atoms with van der Waals surface area (Å²) in [7, 11) is 9.33. The topological polar surface area (TPSA) is 139 Å². The number of carbonyl (C=O) groups excluding carboxylic acids is 2. The summed E-state index contributed by atoms with van der Waals surface area (Å²) in [4.78, 5) is 32.0. The molecular weight excluding hydrogens is 500 g/mol. The van der Waals surface area contributed by atoms with Crippen LogP contribution in [-0.4, -0.2) is 107 Å². The number of methoxy groups -OCH3 is 1. The molecule has 39 heavy (non-hydrogen) atoms. The van der Waals surface area contributed by atoms with Gasteiger partial charge in [0.1, 0.15) is 6.33 Å². The highest BCUT2D eigenvalue weighted by Gasteiger charge is 2.23. The number of aryl methyl sites for hydroxylation is 1. The lowest BCUT2D eigenvalue weighted by Crippen LogP contribution is -2.42. The van der Waals surface area contributed by atoms with Crippen LogP contribution in [0.2, 0.25) is 0 Å². The summed E-state index contributed by atoms with van der Waals surface area (Å²) < 4.78 is 8.28. The summed E-state index contributed by atoms with van der Waals surface area (Å²) in [6.45, 7) is 4.82. The van der Waals surface area contributed by atoms with Gasteiger partial charge < -0.3 is 25.2 Å². The maximum absolute atomic E-state index is 12.8. The fourth-order valence-electron chi connectivity index (χ4n) is 4.52. The number of para-hydroxylation sites is 1. The monoisotopic (exact) mass is 537 g/mol. The second-order valence-electron chi connectivity index (χ2n) is 10.2. The van der Waals surface area contributed by atoms with Gasteiger partial charge in [-0.25, -0.2) is 4.98 Å². The summed E-state index contributed by atoms with van der Waals surface area (Å²) >= 11 is 0. The third-order valence-electron chi connectivity index (χ3n) is 6.75. The largest absolute Gasteiger partial charge is 0.494 e. The van der Waals surface area contributed by atoms with Crippen molar-refractivity contribution in [2.24, 2.45) is 7.05 Å². The van der Waals surface area contributed by atoms with Crippen LogP contribution in [0.4, 0.5) is 17.2 Å². The summed E-state index contributed by atoms with van der Waals surface area (Å²) in [6, 6.07) is 7.07. The smallest absolute Gasteiger partial charge is 0.273 e. The molecule has 13 nitrogen and oxygen atoms in total. The molecule has 0 aliphatic carbocycles. The van der Waals surface area contributed by atoms with Gasteiger partial charge >= 0.3 is 0 Å². The SMILES string of the molecule is CNC(=O)c1nnc(NC(=O)CCN2CCC[N+](C)(C)CC2)cc1Nc1cccc(-c2ncn(C)n2)c1OC. The van der Waals surface area contributed by atoms with Gasteiger partial charge in [-0.05, 0) is 12.1 Å². The van der Waals surface area contributed by atoms with E-state index in [1.54, 1.807) is 37.3 Å². The van der Waals surface area contributed by atoms with E-state index < -0.39 is 5.91 Å². The van der Waals surface area contributed by atoms with E-state index in [4.69, 9.17) is 4.74 Å². The van der Waals surface area contributed by atoms with E-state index in [9.17, 15) is 9.59 Å². The fraction of sp³-hybridized carbons (Fsp3) is 0.462. The molecule has 1 aliphatic heterocycles. The van der Waals surface area contributed by atoms with Gasteiger partial charge in [0.2, 0.25) is 5.91 Å². The normalized spacial score (nSPS) is 15.3. The molecule has 0 unspecified atom stereocenters. The lowest BCUT2D eigenvalue weighted by Gasteiger charge is -2.28. The molecule has 208 valence electrons. The van der Waals surface area contributed by atoms with Crippen LogP contribution in [-0.2, 0) is 11.8 Å². The fourth-order valence-corrected chi connectivity index (χ4v) is 4.52. The molecule has 1 saturated heterocycles. The third kappa shape index (κ3) is 7.06. The number of benzene rings is 1. The van der Waals surface area contributed by atoms with Crippen LogP contribution in [0.1, 0.15) is 23.3 Å². The van der Waals surface area contributed by atoms with Crippen LogP contribution < -0.4 is 20.7 Å². The van der Waals surface area contributed by atoms with Crippen molar-refractivity contribution in [3.05, 3.63) is 36.3 Å². The first-order valence-electron chi connectivity index (χ1n) is 12.9. The van der Waals surface area contributed by atoms with Gasteiger partial charge in [0.25, 0.3) is 5.91 Å². The van der Waals surface area contributed by atoms with Gasteiger partial charge in [-0.15, -0.1) is 10.2 Å². The van der Waals surface area contributed by atoms with Crippen LogP contribution in [0.3, 0.4) is 0 Å². The quantitative estimate of drug-likeness (QED) is 0.347. The number of ether oxygens (including phenoxy) is 1. The number of hydrogen-bond acceptors (Lipinski definition) is 9. The summed E-state index contributed by atoms with van der Waals surface area (Å²) in [5.74, 6) is 0.643. The minimum Gasteiger partial charge on any atom is -0.494 e. The Morgan fingerprint density at radius 2 is 1.95 bits per heavy atom. The van der Waals surface area contributed by atoms with Crippen LogP contribution in [0.15, 0.2) is 30.6 Å². The van der Waals surface area contributed by atoms with Crippen LogP contribution in [0, 0.1) is 0 Å². The zero-order chi connectivity index (χ0) is 28.0. The van der Waals surface area contributed by atoms with Crippen molar-refractivity contribution in [1.82, 2.24) is 35.2 Å². The van der Waals surface area contributed by atoms with Crippen molar-refractivity contribution in [2.75, 3.05) is 71.6 Å². The highest BCUT2D eigenvalue weighted by atomic mass is 16.5. The Kier molecular flexibility index (Phi) is 8.72. The Hall–Kier alpha value is -4.10. The van der Waals surface area contributed by atoms with E-state index in [0.29, 0.717) is 41.5 Å². The number of amides is 2. The molecule has 0 saturated carbocycles. The Labute approximate surface area is 228 Å². The molecule has 13 heteroatoms. The zero-order valence-electron chi connectivity index (χ0n) is 23.2. The van der Waals surface area contributed by atoms with E-state index in [0.717, 1.165) is 37.1 Å². The number of quaternary nitrogens is 1. The van der Waals surface area contributed by atoms with Crippen molar-refractivity contribution >= 4 is 29.0 Å². The zero-order valence-corrected chi connectivity index (χ0v) is 23.2. The van der Waals surface area contributed by atoms with Gasteiger partial charge in [-0.2, -0.15) is 5.10 Å². The van der Waals surface area contributed by atoms with Crippen molar-refractivity contribution in [3.63, 3.8) is 0 Å². The molecule has 0 spiro atoms. The number of aromatic nitrogens is 5. The number of nitrogens with one attached hydrogen (secondary N) is 3. The molecule has 2 aromatic heterocycles. The van der Waals surface area contributed by atoms with E-state index in [1.807, 2.05) is 12.1 Å². The van der Waals surface area contributed by atoms with Crippen molar-refractivity contribution < 1.29 is 18.8 Å². The third-order valence-corrected chi connectivity index (χ3v) is 6.75. The van der Waals surface area contributed by atoms with Gasteiger partial charge in [-0.3, -0.25) is 19.2 Å². The molecular formula is C26H37N10O3+. The summed E-state index contributed by atoms with van der Waals surface area (Å²) in [5, 5.41) is 21.2. The van der Waals surface area contributed by atoms with E-state index in [2.05, 4.69) is 55.2 Å². The maximum atomic E-state index is 12.8. The second-order valence-corrected chi connectivity index (χ2v) is 10.2. The molecule has 1 aliphatic rings. The van der Waals surface area contributed by atoms with Gasteiger partial charge in [0.05, 0.1) is 51.2 Å². The Balaban J connectivity index is 1.51. The first kappa shape index (κ1) is 27.9. The lowest BCUT2D eigenvalue weighted by atomic mass is 10.1. The summed E-state index contributed by atoms with van der Waals surface area (Å²) in [6.07, 6.45) is 3.05. The predicted octanol–water partition coefficient (Wildman–Crippen LogP) is 1.49. The van der Waals surface area contributed by atoms with Crippen LogP contribution in [0.25, 0.3) is 11.4 Å². The van der Waals surface area contributed by atoms with Crippen molar-refractivity contribution in [1.29, 1.82) is 0 Å². The number of carbonyl (C=O) groups is 2. The average Bonchev–Trinajstić information content (AvgIpc) is 3.27. The molecule has 3 heterocycles. The molecule has 1 aromatic carbocycles. The number of likely N-dealkylation sites (N-methyl/N-ethyl adjacent to an activating group) is 1. The number of nitrogens with zero attached hydrogens (tertiary/aromatic N) is 7. The first-order chi connectivity index (χ1) is 18.7. The number of rotatable bonds is 9. The van der Waals surface area contributed by atoms with Crippen LogP contribution in [0.5, 0.6) is 5.75 Å². The highest BCUT2D eigenvalue weighted by molar-refractivity contribution is 5.99. The van der Waals surface area contributed by atoms with E-state index in [-0.39, 0.29) is 17.4 Å². The van der Waals surface area contributed by atoms with Crippen molar-refractivity contribution in [3.8, 4) is 17.1 Å². The molecule has 3 N–H and O–H groups in total. The molecule has 0 bridgehead atoms. The van der Waals surface area contributed by atoms with Crippen molar-refractivity contribution in [2.45, 2.75) is 12.8 Å². The number of hydrogen-bond donors (Lipinski definition) is 3. The molecule has 2 amide bonds. The van der Waals surface area contributed by atoms with Gasteiger partial charge in [0, 0.05) is 52.6 Å². The second kappa shape index (κ2) is 12.2. The Morgan fingerprint density at radius 3 is 2.67 bits per heavy atom. The minimum atomic E-state index is -0.424. The molecule has 4 rings (SSSR count). The Bertz CT molecular complexity index is 1320. The maximum Gasteiger partial charge on any atom is 0.273 e. The molecule has 1 fully saturated rings. The number of anilines is 3. The average molecular weight is 538 g/mol. The molecule has 0 atom stereocenters. The standard InChI is InChI=1S/C26H36N10O3/c1-27-26(38)23-20(29-19-9-6-8-18(24(19)39-5)25-28-17-34(2)33-25)16-21(31-32-23)30-22(37)10-12-35-11-7-14-36(3,4)15-13-35/h6,8-9,16-17H,7,10-15H2,1-5H3,(H2-,27,29,30,31,37,38)/p+1. The van der Waals surface area contributed by atoms with Gasteiger partial charge in [0.15, 0.2) is 23.1 Å².